The van der Waals surface area contributed by atoms with E-state index in [1.54, 1.807) is 0 Å². The molecule has 0 radical (unpaired) electrons. The summed E-state index contributed by atoms with van der Waals surface area (Å²) in [7, 11) is 2.15. The summed E-state index contributed by atoms with van der Waals surface area (Å²) < 4.78 is 1.07. The molecule has 1 unspecified atom stereocenters. The predicted molar refractivity (Wildman–Crippen MR) is 74.5 cm³/mol. The van der Waals surface area contributed by atoms with Crippen molar-refractivity contribution in [3.05, 3.63) is 28.2 Å². The second-order valence-corrected chi connectivity index (χ2v) is 5.59. The average Bonchev–Trinajstić information content (AvgIpc) is 2.29. The van der Waals surface area contributed by atoms with Crippen molar-refractivity contribution in [2.75, 3.05) is 38.1 Å². The Bertz CT molecular complexity index is 387. The van der Waals surface area contributed by atoms with Crippen LogP contribution in [0.2, 0.25) is 0 Å². The van der Waals surface area contributed by atoms with Gasteiger partial charge < -0.3 is 14.9 Å². The molecule has 3 nitrogen and oxygen atoms in total. The first-order valence-corrected chi connectivity index (χ1v) is 6.78. The van der Waals surface area contributed by atoms with Gasteiger partial charge in [0, 0.05) is 41.9 Å². The van der Waals surface area contributed by atoms with E-state index in [0.717, 1.165) is 41.9 Å². The largest absolute Gasteiger partial charge is 0.389 e. The lowest BCUT2D eigenvalue weighted by Crippen LogP contribution is -2.44. The lowest BCUT2D eigenvalue weighted by molar-refractivity contribution is 0.199. The Hall–Kier alpha value is -0.580. The van der Waals surface area contributed by atoms with Gasteiger partial charge in [-0.25, -0.2) is 0 Å². The van der Waals surface area contributed by atoms with E-state index in [-0.39, 0.29) is 0 Å². The average molecular weight is 299 g/mol. The highest BCUT2D eigenvalue weighted by atomic mass is 79.9. The van der Waals surface area contributed by atoms with Gasteiger partial charge in [0.25, 0.3) is 0 Å². The van der Waals surface area contributed by atoms with E-state index < -0.39 is 6.10 Å². The van der Waals surface area contributed by atoms with Crippen LogP contribution in [0.5, 0.6) is 0 Å². The van der Waals surface area contributed by atoms with Crippen LogP contribution in [-0.2, 0) is 0 Å². The van der Waals surface area contributed by atoms with Crippen LogP contribution in [-0.4, -0.2) is 43.2 Å². The second-order valence-electron chi connectivity index (χ2n) is 4.67. The van der Waals surface area contributed by atoms with Crippen molar-refractivity contribution in [1.29, 1.82) is 0 Å². The molecule has 1 aromatic rings. The molecule has 0 aromatic heterocycles. The number of rotatable bonds is 2. The molecule has 4 heteroatoms. The third-order valence-electron chi connectivity index (χ3n) is 3.29. The smallest absolute Gasteiger partial charge is 0.0782 e. The molecule has 1 saturated heterocycles. The summed E-state index contributed by atoms with van der Waals surface area (Å²) >= 11 is 3.51. The van der Waals surface area contributed by atoms with Crippen molar-refractivity contribution in [3.8, 4) is 0 Å². The van der Waals surface area contributed by atoms with Gasteiger partial charge in [-0.05, 0) is 26.1 Å². The molecule has 1 heterocycles. The number of aliphatic hydroxyl groups is 1. The maximum Gasteiger partial charge on any atom is 0.0782 e. The molecule has 0 bridgehead atoms. The zero-order valence-electron chi connectivity index (χ0n) is 10.4. The molecule has 1 fully saturated rings. The maximum atomic E-state index is 9.83. The van der Waals surface area contributed by atoms with Gasteiger partial charge in [-0.2, -0.15) is 0 Å². The van der Waals surface area contributed by atoms with E-state index in [9.17, 15) is 5.11 Å². The molecular formula is C13H19BrN2O. The lowest BCUT2D eigenvalue weighted by Gasteiger charge is -2.35. The quantitative estimate of drug-likeness (QED) is 0.907. The van der Waals surface area contributed by atoms with Gasteiger partial charge in [-0.1, -0.05) is 22.0 Å². The van der Waals surface area contributed by atoms with Crippen LogP contribution in [0, 0.1) is 0 Å². The van der Waals surface area contributed by atoms with Gasteiger partial charge in [-0.15, -0.1) is 0 Å². The van der Waals surface area contributed by atoms with E-state index in [0.29, 0.717) is 0 Å². The number of benzene rings is 1. The number of piperazine rings is 1. The molecule has 0 spiro atoms. The highest BCUT2D eigenvalue weighted by Gasteiger charge is 2.18. The number of likely N-dealkylation sites (N-methyl/N-ethyl adjacent to an activating group) is 1. The van der Waals surface area contributed by atoms with Crippen LogP contribution in [0.3, 0.4) is 0 Å². The number of hydrogen-bond acceptors (Lipinski definition) is 3. The van der Waals surface area contributed by atoms with E-state index >= 15 is 0 Å². The summed E-state index contributed by atoms with van der Waals surface area (Å²) in [5.74, 6) is 0. The standard InChI is InChI=1S/C13H19BrN2O/c1-10(17)12-4-3-11(14)9-13(12)16-7-5-15(2)6-8-16/h3-4,9-10,17H,5-8H2,1-2H3. The summed E-state index contributed by atoms with van der Waals surface area (Å²) in [6, 6.07) is 6.09. The SMILES string of the molecule is CC(O)c1ccc(Br)cc1N1CCN(C)CC1. The minimum atomic E-state index is -0.419. The minimum absolute atomic E-state index is 0.419. The number of halogens is 1. The third-order valence-corrected chi connectivity index (χ3v) is 3.78. The molecule has 0 aliphatic carbocycles. The van der Waals surface area contributed by atoms with Crippen molar-refractivity contribution >= 4 is 21.6 Å². The van der Waals surface area contributed by atoms with E-state index in [4.69, 9.17) is 0 Å². The fraction of sp³-hybridized carbons (Fsp3) is 0.538. The first-order valence-electron chi connectivity index (χ1n) is 5.99. The summed E-state index contributed by atoms with van der Waals surface area (Å²) in [6.07, 6.45) is -0.419. The van der Waals surface area contributed by atoms with Crippen LogP contribution in [0.15, 0.2) is 22.7 Å². The van der Waals surface area contributed by atoms with Crippen LogP contribution in [0.25, 0.3) is 0 Å². The second kappa shape index (κ2) is 5.38. The first-order chi connectivity index (χ1) is 8.08. The maximum absolute atomic E-state index is 9.83. The van der Waals surface area contributed by atoms with Crippen LogP contribution in [0.4, 0.5) is 5.69 Å². The molecule has 1 aromatic carbocycles. The van der Waals surface area contributed by atoms with Crippen LogP contribution < -0.4 is 4.90 Å². The van der Waals surface area contributed by atoms with Gasteiger partial charge in [0.05, 0.1) is 6.10 Å². The Kier molecular flexibility index (Phi) is 4.07. The van der Waals surface area contributed by atoms with Crippen molar-refractivity contribution in [1.82, 2.24) is 4.90 Å². The summed E-state index contributed by atoms with van der Waals surface area (Å²) in [4.78, 5) is 4.68. The third kappa shape index (κ3) is 3.00. The fourth-order valence-corrected chi connectivity index (χ4v) is 2.54. The Morgan fingerprint density at radius 2 is 1.88 bits per heavy atom. The molecule has 17 heavy (non-hydrogen) atoms. The van der Waals surface area contributed by atoms with Gasteiger partial charge in [0.1, 0.15) is 0 Å². The first kappa shape index (κ1) is 12.9. The number of aliphatic hydroxyl groups excluding tert-OH is 1. The number of nitrogens with zero attached hydrogens (tertiary/aromatic N) is 2. The summed E-state index contributed by atoms with van der Waals surface area (Å²) in [5.41, 5.74) is 2.17. The van der Waals surface area contributed by atoms with Gasteiger partial charge in [-0.3, -0.25) is 0 Å². The Morgan fingerprint density at radius 1 is 1.24 bits per heavy atom. The Labute approximate surface area is 111 Å². The highest BCUT2D eigenvalue weighted by Crippen LogP contribution is 2.30. The molecule has 94 valence electrons. The lowest BCUT2D eigenvalue weighted by atomic mass is 10.1. The molecular weight excluding hydrogens is 280 g/mol. The van der Waals surface area contributed by atoms with Crippen LogP contribution in [0.1, 0.15) is 18.6 Å². The van der Waals surface area contributed by atoms with Crippen molar-refractivity contribution < 1.29 is 5.11 Å². The minimum Gasteiger partial charge on any atom is -0.389 e. The monoisotopic (exact) mass is 298 g/mol. The Balaban J connectivity index is 2.26. The Morgan fingerprint density at radius 3 is 2.47 bits per heavy atom. The number of anilines is 1. The summed E-state index contributed by atoms with van der Waals surface area (Å²) in [5, 5.41) is 9.83. The molecule has 2 rings (SSSR count). The van der Waals surface area contributed by atoms with Crippen molar-refractivity contribution in [2.45, 2.75) is 13.0 Å². The highest BCUT2D eigenvalue weighted by molar-refractivity contribution is 9.10. The number of hydrogen-bond donors (Lipinski definition) is 1. The van der Waals surface area contributed by atoms with Crippen LogP contribution >= 0.6 is 15.9 Å². The molecule has 1 aliphatic rings. The van der Waals surface area contributed by atoms with E-state index in [1.807, 2.05) is 19.1 Å². The van der Waals surface area contributed by atoms with Gasteiger partial charge in [0.2, 0.25) is 0 Å². The zero-order chi connectivity index (χ0) is 12.4. The van der Waals surface area contributed by atoms with Gasteiger partial charge in [0.15, 0.2) is 0 Å². The van der Waals surface area contributed by atoms with Crippen molar-refractivity contribution in [2.24, 2.45) is 0 Å². The molecule has 1 N–H and O–H groups in total. The fourth-order valence-electron chi connectivity index (χ4n) is 2.19. The molecule has 1 atom stereocenters. The molecule has 0 saturated carbocycles. The predicted octanol–water partition coefficient (Wildman–Crippen LogP) is 2.25. The zero-order valence-corrected chi connectivity index (χ0v) is 11.9. The van der Waals surface area contributed by atoms with E-state index in [1.165, 1.54) is 0 Å². The summed E-state index contributed by atoms with van der Waals surface area (Å²) in [6.45, 7) is 6.01. The topological polar surface area (TPSA) is 26.7 Å². The molecule has 0 amide bonds. The van der Waals surface area contributed by atoms with Gasteiger partial charge >= 0.3 is 0 Å². The molecule has 1 aliphatic heterocycles. The normalized spacial score (nSPS) is 19.4. The van der Waals surface area contributed by atoms with Crippen molar-refractivity contribution in [3.63, 3.8) is 0 Å². The van der Waals surface area contributed by atoms with E-state index in [2.05, 4.69) is 38.8 Å².